The number of fused-ring (bicyclic) bond motifs is 2. The number of hydrazine groups is 1. The first-order chi connectivity index (χ1) is 8.33. The molecule has 2 aliphatic carbocycles. The van der Waals surface area contributed by atoms with Crippen LogP contribution in [0.2, 0.25) is 0 Å². The van der Waals surface area contributed by atoms with E-state index >= 15 is 0 Å². The zero-order valence-electron chi connectivity index (χ0n) is 10.6. The highest BCUT2D eigenvalue weighted by Crippen LogP contribution is 2.44. The summed E-state index contributed by atoms with van der Waals surface area (Å²) in [6.07, 6.45) is 6.38. The normalized spacial score (nSPS) is 31.9. The minimum absolute atomic E-state index is 0.575. The summed E-state index contributed by atoms with van der Waals surface area (Å²) >= 11 is 0. The highest BCUT2D eigenvalue weighted by atomic mass is 16.5. The van der Waals surface area contributed by atoms with Crippen molar-refractivity contribution in [2.75, 3.05) is 20.3 Å². The molecular weight excluding hydrogens is 216 g/mol. The molecule has 2 bridgehead atoms. The lowest BCUT2D eigenvalue weighted by Crippen LogP contribution is -2.48. The fourth-order valence-electron chi connectivity index (χ4n) is 3.13. The summed E-state index contributed by atoms with van der Waals surface area (Å²) in [4.78, 5) is 4.42. The van der Waals surface area contributed by atoms with Crippen molar-refractivity contribution in [3.63, 3.8) is 0 Å². The molecule has 2 saturated carbocycles. The molecule has 0 spiro atoms. The van der Waals surface area contributed by atoms with Gasteiger partial charge in [-0.05, 0) is 37.5 Å². The van der Waals surface area contributed by atoms with Crippen molar-refractivity contribution in [2.24, 2.45) is 22.7 Å². The van der Waals surface area contributed by atoms with E-state index < -0.39 is 0 Å². The second-order valence-corrected chi connectivity index (χ2v) is 5.15. The Labute approximate surface area is 103 Å². The predicted octanol–water partition coefficient (Wildman–Crippen LogP) is 0.620. The largest absolute Gasteiger partial charge is 0.385 e. The molecule has 2 aliphatic rings. The van der Waals surface area contributed by atoms with Gasteiger partial charge in [0.15, 0.2) is 0 Å². The summed E-state index contributed by atoms with van der Waals surface area (Å²) in [5.74, 6) is 7.99. The molecule has 0 heterocycles. The molecular formula is C12H24N4O. The van der Waals surface area contributed by atoms with E-state index in [1.54, 1.807) is 7.11 Å². The molecule has 0 aromatic heterocycles. The van der Waals surface area contributed by atoms with E-state index in [4.69, 9.17) is 10.6 Å². The monoisotopic (exact) mass is 240 g/mol. The number of hydrogen-bond donors (Lipinski definition) is 3. The van der Waals surface area contributed by atoms with Gasteiger partial charge in [-0.1, -0.05) is 6.42 Å². The highest BCUT2D eigenvalue weighted by molar-refractivity contribution is 5.79. The molecule has 4 N–H and O–H groups in total. The van der Waals surface area contributed by atoms with E-state index in [2.05, 4.69) is 15.7 Å². The Balaban J connectivity index is 1.75. The van der Waals surface area contributed by atoms with Crippen molar-refractivity contribution in [3.05, 3.63) is 0 Å². The summed E-state index contributed by atoms with van der Waals surface area (Å²) in [5, 5.41) is 3.45. The lowest BCUT2D eigenvalue weighted by molar-refractivity contribution is 0.197. The van der Waals surface area contributed by atoms with Crippen LogP contribution in [0.1, 0.15) is 32.1 Å². The maximum absolute atomic E-state index is 5.49. The van der Waals surface area contributed by atoms with Gasteiger partial charge < -0.3 is 10.1 Å². The molecule has 0 saturated heterocycles. The number of guanidine groups is 1. The topological polar surface area (TPSA) is 71.7 Å². The van der Waals surface area contributed by atoms with Gasteiger partial charge in [-0.2, -0.15) is 0 Å². The smallest absolute Gasteiger partial charge is 0.205 e. The van der Waals surface area contributed by atoms with Crippen LogP contribution in [0, 0.1) is 11.8 Å². The van der Waals surface area contributed by atoms with E-state index in [1.165, 1.54) is 25.7 Å². The molecule has 0 radical (unpaired) electrons. The molecule has 2 rings (SSSR count). The number of nitrogens with zero attached hydrogens (tertiary/aromatic N) is 1. The Morgan fingerprint density at radius 3 is 2.88 bits per heavy atom. The fraction of sp³-hybridized carbons (Fsp3) is 0.917. The van der Waals surface area contributed by atoms with Gasteiger partial charge in [0.1, 0.15) is 0 Å². The van der Waals surface area contributed by atoms with Crippen molar-refractivity contribution >= 4 is 5.96 Å². The van der Waals surface area contributed by atoms with Crippen LogP contribution in [-0.4, -0.2) is 32.3 Å². The molecule has 0 aliphatic heterocycles. The van der Waals surface area contributed by atoms with Crippen LogP contribution in [0.25, 0.3) is 0 Å². The zero-order valence-corrected chi connectivity index (χ0v) is 10.6. The standard InChI is InChI=1S/C12H24N4O/c1-17-6-2-5-14-12(16-13)15-11-8-9-3-4-10(11)7-9/h9-11H,2-8,13H2,1H3,(H2,14,15,16). The summed E-state index contributed by atoms with van der Waals surface area (Å²) in [5.41, 5.74) is 2.66. The Bertz CT molecular complexity index is 269. The number of rotatable bonds is 5. The minimum atomic E-state index is 0.575. The number of methoxy groups -OCH3 is 1. The molecule has 3 unspecified atom stereocenters. The predicted molar refractivity (Wildman–Crippen MR) is 68.5 cm³/mol. The van der Waals surface area contributed by atoms with Crippen molar-refractivity contribution in [3.8, 4) is 0 Å². The summed E-state index contributed by atoms with van der Waals surface area (Å²) in [6, 6.07) is 0.575. The first-order valence-electron chi connectivity index (χ1n) is 6.60. The van der Waals surface area contributed by atoms with Gasteiger partial charge in [-0.15, -0.1) is 0 Å². The number of nitrogens with two attached hydrogens (primary N) is 1. The molecule has 5 heteroatoms. The van der Waals surface area contributed by atoms with Crippen LogP contribution < -0.4 is 16.6 Å². The quantitative estimate of drug-likeness (QED) is 0.217. The van der Waals surface area contributed by atoms with E-state index in [0.717, 1.165) is 37.4 Å². The van der Waals surface area contributed by atoms with Crippen molar-refractivity contribution in [1.82, 2.24) is 10.7 Å². The van der Waals surface area contributed by atoms with Crippen LogP contribution in [0.5, 0.6) is 0 Å². The minimum Gasteiger partial charge on any atom is -0.385 e. The Morgan fingerprint density at radius 2 is 2.29 bits per heavy atom. The van der Waals surface area contributed by atoms with Gasteiger partial charge in [-0.3, -0.25) is 10.4 Å². The summed E-state index contributed by atoms with van der Waals surface area (Å²) in [7, 11) is 1.71. The second kappa shape index (κ2) is 6.21. The van der Waals surface area contributed by atoms with E-state index in [0.29, 0.717) is 6.04 Å². The second-order valence-electron chi connectivity index (χ2n) is 5.15. The van der Waals surface area contributed by atoms with E-state index in [9.17, 15) is 0 Å². The van der Waals surface area contributed by atoms with Gasteiger partial charge in [0.25, 0.3) is 0 Å². The van der Waals surface area contributed by atoms with Gasteiger partial charge in [0.05, 0.1) is 0 Å². The number of nitrogens with one attached hydrogen (secondary N) is 2. The summed E-state index contributed by atoms with van der Waals surface area (Å²) < 4.78 is 4.99. The average Bonchev–Trinajstić information content (AvgIpc) is 2.95. The molecule has 0 aromatic rings. The first-order valence-corrected chi connectivity index (χ1v) is 6.60. The average molecular weight is 240 g/mol. The van der Waals surface area contributed by atoms with Crippen LogP contribution in [0.4, 0.5) is 0 Å². The zero-order chi connectivity index (χ0) is 12.1. The highest BCUT2D eigenvalue weighted by Gasteiger charge is 2.39. The van der Waals surface area contributed by atoms with Crippen molar-refractivity contribution < 1.29 is 4.74 Å². The maximum Gasteiger partial charge on any atom is 0.205 e. The van der Waals surface area contributed by atoms with Crippen LogP contribution in [0.15, 0.2) is 4.99 Å². The third kappa shape index (κ3) is 3.33. The first kappa shape index (κ1) is 12.6. The van der Waals surface area contributed by atoms with Gasteiger partial charge in [0, 0.05) is 26.3 Å². The van der Waals surface area contributed by atoms with Crippen LogP contribution in [-0.2, 0) is 4.74 Å². The van der Waals surface area contributed by atoms with Crippen molar-refractivity contribution in [2.45, 2.75) is 38.1 Å². The molecule has 0 aromatic carbocycles. The Kier molecular flexibility index (Phi) is 4.62. The number of ether oxygens (including phenoxy) is 1. The fourth-order valence-corrected chi connectivity index (χ4v) is 3.13. The third-order valence-corrected chi connectivity index (χ3v) is 3.97. The number of hydrogen-bond acceptors (Lipinski definition) is 3. The molecule has 17 heavy (non-hydrogen) atoms. The lowest BCUT2D eigenvalue weighted by Gasteiger charge is -2.24. The molecule has 2 fully saturated rings. The Hall–Kier alpha value is -0.810. The third-order valence-electron chi connectivity index (χ3n) is 3.97. The molecule has 0 amide bonds. The van der Waals surface area contributed by atoms with Gasteiger partial charge in [-0.25, -0.2) is 5.84 Å². The molecule has 5 nitrogen and oxygen atoms in total. The van der Waals surface area contributed by atoms with Crippen LogP contribution >= 0.6 is 0 Å². The van der Waals surface area contributed by atoms with E-state index in [1.807, 2.05) is 0 Å². The maximum atomic E-state index is 5.49. The molecule has 98 valence electrons. The lowest BCUT2D eigenvalue weighted by atomic mass is 9.95. The van der Waals surface area contributed by atoms with Gasteiger partial charge in [0.2, 0.25) is 5.96 Å². The SMILES string of the molecule is COCCCN=C(NN)NC1CC2CCC1C2. The molecule has 3 atom stereocenters. The number of aliphatic imine (C=N–C) groups is 1. The Morgan fingerprint density at radius 1 is 1.41 bits per heavy atom. The van der Waals surface area contributed by atoms with E-state index in [-0.39, 0.29) is 0 Å². The van der Waals surface area contributed by atoms with Gasteiger partial charge >= 0.3 is 0 Å². The van der Waals surface area contributed by atoms with Crippen molar-refractivity contribution in [1.29, 1.82) is 0 Å². The summed E-state index contributed by atoms with van der Waals surface area (Å²) in [6.45, 7) is 1.50. The van der Waals surface area contributed by atoms with Crippen LogP contribution in [0.3, 0.4) is 0 Å².